The van der Waals surface area contributed by atoms with Crippen LogP contribution in [0.25, 0.3) is 0 Å². The maximum absolute atomic E-state index is 9.22. The first-order valence-corrected chi connectivity index (χ1v) is 6.66. The molecule has 0 saturated carbocycles. The molecule has 4 nitrogen and oxygen atoms in total. The average Bonchev–Trinajstić information content (AvgIpc) is 2.32. The van der Waals surface area contributed by atoms with Gasteiger partial charge in [-0.25, -0.2) is 0 Å². The molecule has 0 amide bonds. The van der Waals surface area contributed by atoms with Crippen molar-refractivity contribution in [2.24, 2.45) is 5.73 Å². The molecule has 0 bridgehead atoms. The SMILES string of the molecule is CCCCCCC(C)OC(CO)C(N)COC. The fourth-order valence-electron chi connectivity index (χ4n) is 1.80. The zero-order valence-electron chi connectivity index (χ0n) is 11.5. The monoisotopic (exact) mass is 247 g/mol. The Hall–Kier alpha value is -0.160. The van der Waals surface area contributed by atoms with Crippen molar-refractivity contribution >= 4 is 0 Å². The van der Waals surface area contributed by atoms with Gasteiger partial charge < -0.3 is 20.3 Å². The lowest BCUT2D eigenvalue weighted by atomic mass is 10.1. The molecule has 0 fully saturated rings. The van der Waals surface area contributed by atoms with Gasteiger partial charge in [0.2, 0.25) is 0 Å². The zero-order valence-corrected chi connectivity index (χ0v) is 11.5. The van der Waals surface area contributed by atoms with Crippen LogP contribution in [0.3, 0.4) is 0 Å². The zero-order chi connectivity index (χ0) is 13.1. The van der Waals surface area contributed by atoms with Gasteiger partial charge in [-0.15, -0.1) is 0 Å². The molecule has 0 aliphatic carbocycles. The number of rotatable bonds is 11. The lowest BCUT2D eigenvalue weighted by molar-refractivity contribution is -0.0573. The van der Waals surface area contributed by atoms with E-state index in [0.717, 1.165) is 6.42 Å². The van der Waals surface area contributed by atoms with E-state index in [2.05, 4.69) is 6.92 Å². The van der Waals surface area contributed by atoms with Crippen molar-refractivity contribution in [3.63, 3.8) is 0 Å². The number of hydrogen-bond acceptors (Lipinski definition) is 4. The lowest BCUT2D eigenvalue weighted by Gasteiger charge is -2.25. The first kappa shape index (κ1) is 16.8. The Morgan fingerprint density at radius 3 is 2.47 bits per heavy atom. The van der Waals surface area contributed by atoms with Gasteiger partial charge in [0.25, 0.3) is 0 Å². The topological polar surface area (TPSA) is 64.7 Å². The molecule has 0 aromatic carbocycles. The average molecular weight is 247 g/mol. The van der Waals surface area contributed by atoms with Crippen molar-refractivity contribution in [2.45, 2.75) is 64.2 Å². The van der Waals surface area contributed by atoms with E-state index in [4.69, 9.17) is 15.2 Å². The summed E-state index contributed by atoms with van der Waals surface area (Å²) in [6, 6.07) is -0.261. The number of ether oxygens (including phenoxy) is 2. The van der Waals surface area contributed by atoms with Gasteiger partial charge in [0.1, 0.15) is 0 Å². The van der Waals surface area contributed by atoms with Crippen LogP contribution in [0.2, 0.25) is 0 Å². The van der Waals surface area contributed by atoms with Crippen LogP contribution in [0.15, 0.2) is 0 Å². The molecule has 4 heteroatoms. The van der Waals surface area contributed by atoms with Crippen molar-refractivity contribution in [1.29, 1.82) is 0 Å². The largest absolute Gasteiger partial charge is 0.394 e. The molecule has 0 aliphatic rings. The van der Waals surface area contributed by atoms with Gasteiger partial charge in [0.05, 0.1) is 31.5 Å². The lowest BCUT2D eigenvalue weighted by Crippen LogP contribution is -2.44. The number of unbranched alkanes of at least 4 members (excludes halogenated alkanes) is 3. The molecule has 0 aromatic rings. The molecule has 3 unspecified atom stereocenters. The predicted octanol–water partition coefficient (Wildman–Crippen LogP) is 1.70. The van der Waals surface area contributed by atoms with Crippen LogP contribution in [0.4, 0.5) is 0 Å². The minimum absolute atomic E-state index is 0.0518. The van der Waals surface area contributed by atoms with Crippen LogP contribution in [0.1, 0.15) is 46.0 Å². The number of aliphatic hydroxyl groups is 1. The molecule has 0 aromatic heterocycles. The summed E-state index contributed by atoms with van der Waals surface area (Å²) in [5.41, 5.74) is 5.85. The summed E-state index contributed by atoms with van der Waals surface area (Å²) in [7, 11) is 1.60. The highest BCUT2D eigenvalue weighted by atomic mass is 16.5. The van der Waals surface area contributed by atoms with Crippen LogP contribution < -0.4 is 5.73 Å². The van der Waals surface area contributed by atoms with Crippen LogP contribution in [0.5, 0.6) is 0 Å². The second kappa shape index (κ2) is 11.0. The van der Waals surface area contributed by atoms with Crippen molar-refractivity contribution < 1.29 is 14.6 Å². The summed E-state index contributed by atoms with van der Waals surface area (Å²) in [6.07, 6.45) is 5.79. The predicted molar refractivity (Wildman–Crippen MR) is 70.0 cm³/mol. The molecular weight excluding hydrogens is 218 g/mol. The van der Waals surface area contributed by atoms with Gasteiger partial charge in [-0.3, -0.25) is 0 Å². The smallest absolute Gasteiger partial charge is 0.0982 e. The van der Waals surface area contributed by atoms with E-state index in [1.807, 2.05) is 6.92 Å². The maximum atomic E-state index is 9.22. The second-order valence-corrected chi connectivity index (χ2v) is 4.64. The van der Waals surface area contributed by atoms with E-state index < -0.39 is 0 Å². The summed E-state index contributed by atoms with van der Waals surface area (Å²) in [5, 5.41) is 9.22. The molecular formula is C13H29NO3. The van der Waals surface area contributed by atoms with Gasteiger partial charge in [-0.1, -0.05) is 32.6 Å². The number of hydrogen-bond donors (Lipinski definition) is 2. The fourth-order valence-corrected chi connectivity index (χ4v) is 1.80. The molecule has 3 atom stereocenters. The van der Waals surface area contributed by atoms with Crippen molar-refractivity contribution in [3.8, 4) is 0 Å². The molecule has 0 radical (unpaired) electrons. The van der Waals surface area contributed by atoms with E-state index in [0.29, 0.717) is 6.61 Å². The Balaban J connectivity index is 3.77. The quantitative estimate of drug-likeness (QED) is 0.545. The second-order valence-electron chi connectivity index (χ2n) is 4.64. The summed E-state index contributed by atoms with van der Waals surface area (Å²) >= 11 is 0. The van der Waals surface area contributed by atoms with E-state index in [1.54, 1.807) is 7.11 Å². The maximum Gasteiger partial charge on any atom is 0.0982 e. The summed E-state index contributed by atoms with van der Waals surface area (Å²) in [6.45, 7) is 4.59. The van der Waals surface area contributed by atoms with Crippen LogP contribution >= 0.6 is 0 Å². The third kappa shape index (κ3) is 8.55. The van der Waals surface area contributed by atoms with E-state index in [9.17, 15) is 5.11 Å². The van der Waals surface area contributed by atoms with Crippen LogP contribution in [-0.4, -0.2) is 43.7 Å². The Kier molecular flexibility index (Phi) is 10.9. The Morgan fingerprint density at radius 1 is 1.24 bits per heavy atom. The molecule has 0 aliphatic heterocycles. The minimum Gasteiger partial charge on any atom is -0.394 e. The standard InChI is InChI=1S/C13H29NO3/c1-4-5-6-7-8-11(2)17-13(9-15)12(14)10-16-3/h11-13,15H,4-10,14H2,1-3H3. The number of aliphatic hydroxyl groups excluding tert-OH is 1. The summed E-state index contributed by atoms with van der Waals surface area (Å²) < 4.78 is 10.7. The van der Waals surface area contributed by atoms with Gasteiger partial charge in [0, 0.05) is 7.11 Å². The molecule has 104 valence electrons. The van der Waals surface area contributed by atoms with Crippen molar-refractivity contribution in [1.82, 2.24) is 0 Å². The highest BCUT2D eigenvalue weighted by Gasteiger charge is 2.19. The Bertz CT molecular complexity index is 167. The first-order valence-electron chi connectivity index (χ1n) is 6.66. The number of nitrogens with two attached hydrogens (primary N) is 1. The van der Waals surface area contributed by atoms with Gasteiger partial charge in [-0.2, -0.15) is 0 Å². The van der Waals surface area contributed by atoms with Gasteiger partial charge in [-0.05, 0) is 13.3 Å². The van der Waals surface area contributed by atoms with Gasteiger partial charge >= 0.3 is 0 Å². The van der Waals surface area contributed by atoms with Crippen LogP contribution in [-0.2, 0) is 9.47 Å². The number of methoxy groups -OCH3 is 1. The minimum atomic E-state index is -0.323. The van der Waals surface area contributed by atoms with Crippen molar-refractivity contribution in [2.75, 3.05) is 20.3 Å². The summed E-state index contributed by atoms with van der Waals surface area (Å²) in [5.74, 6) is 0. The van der Waals surface area contributed by atoms with E-state index >= 15 is 0 Å². The molecule has 17 heavy (non-hydrogen) atoms. The first-order chi connectivity index (χ1) is 8.15. The Morgan fingerprint density at radius 2 is 1.94 bits per heavy atom. The van der Waals surface area contributed by atoms with Crippen molar-refractivity contribution in [3.05, 3.63) is 0 Å². The third-order valence-corrected chi connectivity index (χ3v) is 2.89. The van der Waals surface area contributed by atoms with E-state index in [1.165, 1.54) is 25.7 Å². The highest BCUT2D eigenvalue weighted by molar-refractivity contribution is 4.73. The van der Waals surface area contributed by atoms with Gasteiger partial charge in [0.15, 0.2) is 0 Å². The third-order valence-electron chi connectivity index (χ3n) is 2.89. The molecule has 0 heterocycles. The molecule has 0 rings (SSSR count). The molecule has 0 spiro atoms. The Labute approximate surface area is 105 Å². The molecule has 3 N–H and O–H groups in total. The highest BCUT2D eigenvalue weighted by Crippen LogP contribution is 2.11. The fraction of sp³-hybridized carbons (Fsp3) is 1.00. The van der Waals surface area contributed by atoms with E-state index in [-0.39, 0.29) is 24.9 Å². The normalized spacial score (nSPS) is 16.8. The van der Waals surface area contributed by atoms with Crippen LogP contribution in [0, 0.1) is 0 Å². The summed E-state index contributed by atoms with van der Waals surface area (Å²) in [4.78, 5) is 0. The molecule has 0 saturated heterocycles.